The zero-order valence-electron chi connectivity index (χ0n) is 14.6. The molecule has 0 fully saturated rings. The highest BCUT2D eigenvalue weighted by molar-refractivity contribution is 5.94. The standard InChI is InChI=1S/C19H21F2NO4/c1-13-5-3-6-15(11-13)25-10-4-9-22-18(23)14-7-8-16(24-2)17(12-14)26-19(20)21/h3,5-8,11-12,19H,4,9-10H2,1-2H3,(H,22,23). The third kappa shape index (κ3) is 5.91. The molecule has 0 spiro atoms. The van der Waals surface area contributed by atoms with Crippen molar-refractivity contribution >= 4 is 5.91 Å². The van der Waals surface area contributed by atoms with Crippen molar-refractivity contribution in [3.8, 4) is 17.2 Å². The summed E-state index contributed by atoms with van der Waals surface area (Å²) in [6.45, 7) is -0.178. The molecule has 0 saturated heterocycles. The number of benzene rings is 2. The van der Waals surface area contributed by atoms with Crippen molar-refractivity contribution in [2.45, 2.75) is 20.0 Å². The van der Waals surface area contributed by atoms with E-state index in [-0.39, 0.29) is 23.0 Å². The first-order valence-electron chi connectivity index (χ1n) is 8.10. The van der Waals surface area contributed by atoms with Gasteiger partial charge >= 0.3 is 6.61 Å². The average molecular weight is 365 g/mol. The van der Waals surface area contributed by atoms with Gasteiger partial charge in [0.2, 0.25) is 0 Å². The zero-order valence-corrected chi connectivity index (χ0v) is 14.6. The molecule has 0 bridgehead atoms. The minimum absolute atomic E-state index is 0.133. The van der Waals surface area contributed by atoms with Gasteiger partial charge in [-0.2, -0.15) is 8.78 Å². The molecule has 1 N–H and O–H groups in total. The average Bonchev–Trinajstić information content (AvgIpc) is 2.60. The molecule has 2 aromatic rings. The summed E-state index contributed by atoms with van der Waals surface area (Å²) >= 11 is 0. The topological polar surface area (TPSA) is 56.8 Å². The third-order valence-electron chi connectivity index (χ3n) is 3.51. The lowest BCUT2D eigenvalue weighted by molar-refractivity contribution is -0.0512. The fourth-order valence-corrected chi connectivity index (χ4v) is 2.28. The molecule has 0 heterocycles. The van der Waals surface area contributed by atoms with E-state index in [0.717, 1.165) is 11.3 Å². The van der Waals surface area contributed by atoms with E-state index in [2.05, 4.69) is 10.1 Å². The molecule has 0 aliphatic heterocycles. The number of aryl methyl sites for hydroxylation is 1. The van der Waals surface area contributed by atoms with Crippen LogP contribution in [0.1, 0.15) is 22.3 Å². The molecule has 0 aliphatic carbocycles. The highest BCUT2D eigenvalue weighted by Crippen LogP contribution is 2.29. The number of alkyl halides is 2. The number of methoxy groups -OCH3 is 1. The first-order chi connectivity index (χ1) is 12.5. The van der Waals surface area contributed by atoms with Crippen LogP contribution in [0.2, 0.25) is 0 Å². The first kappa shape index (κ1) is 19.5. The number of amides is 1. The Balaban J connectivity index is 1.82. The van der Waals surface area contributed by atoms with E-state index in [1.807, 2.05) is 31.2 Å². The molecule has 2 aromatic carbocycles. The molecule has 1 amide bonds. The van der Waals surface area contributed by atoms with Gasteiger partial charge in [-0.05, 0) is 49.2 Å². The van der Waals surface area contributed by atoms with Gasteiger partial charge in [-0.3, -0.25) is 4.79 Å². The molecule has 0 aromatic heterocycles. The van der Waals surface area contributed by atoms with E-state index in [1.54, 1.807) is 0 Å². The maximum atomic E-state index is 12.4. The molecule has 5 nitrogen and oxygen atoms in total. The number of carbonyl (C=O) groups excluding carboxylic acids is 1. The molecule has 0 radical (unpaired) electrons. The Kier molecular flexibility index (Phi) is 7.20. The Labute approximate surface area is 150 Å². The van der Waals surface area contributed by atoms with Gasteiger partial charge in [-0.1, -0.05) is 12.1 Å². The van der Waals surface area contributed by atoms with Crippen LogP contribution in [-0.4, -0.2) is 32.8 Å². The summed E-state index contributed by atoms with van der Waals surface area (Å²) in [5.41, 5.74) is 1.32. The van der Waals surface area contributed by atoms with Crippen molar-refractivity contribution in [3.05, 3.63) is 53.6 Å². The van der Waals surface area contributed by atoms with Crippen LogP contribution < -0.4 is 19.5 Å². The molecular formula is C19H21F2NO4. The second-order valence-corrected chi connectivity index (χ2v) is 5.52. The van der Waals surface area contributed by atoms with Gasteiger partial charge in [0.25, 0.3) is 5.91 Å². The second-order valence-electron chi connectivity index (χ2n) is 5.52. The Hall–Kier alpha value is -2.83. The predicted molar refractivity (Wildman–Crippen MR) is 93.3 cm³/mol. The SMILES string of the molecule is COc1ccc(C(=O)NCCCOc2cccc(C)c2)cc1OC(F)F. The number of hydrogen-bond acceptors (Lipinski definition) is 4. The second kappa shape index (κ2) is 9.60. The fraction of sp³-hybridized carbons (Fsp3) is 0.316. The molecule has 0 saturated carbocycles. The number of carbonyl (C=O) groups is 1. The van der Waals surface area contributed by atoms with Crippen molar-refractivity contribution in [2.24, 2.45) is 0 Å². The van der Waals surface area contributed by atoms with Gasteiger partial charge < -0.3 is 19.5 Å². The molecule has 7 heteroatoms. The van der Waals surface area contributed by atoms with Crippen molar-refractivity contribution in [2.75, 3.05) is 20.3 Å². The highest BCUT2D eigenvalue weighted by atomic mass is 19.3. The molecular weight excluding hydrogens is 344 g/mol. The Morgan fingerprint density at radius 2 is 1.96 bits per heavy atom. The Morgan fingerprint density at radius 3 is 2.65 bits per heavy atom. The van der Waals surface area contributed by atoms with Gasteiger partial charge in [0.05, 0.1) is 13.7 Å². The maximum absolute atomic E-state index is 12.4. The van der Waals surface area contributed by atoms with Gasteiger partial charge in [0, 0.05) is 12.1 Å². The monoisotopic (exact) mass is 365 g/mol. The summed E-state index contributed by atoms with van der Waals surface area (Å²) in [5, 5.41) is 2.71. The number of halogens is 2. The van der Waals surface area contributed by atoms with Gasteiger partial charge in [-0.25, -0.2) is 0 Å². The molecule has 0 aliphatic rings. The Morgan fingerprint density at radius 1 is 1.15 bits per heavy atom. The zero-order chi connectivity index (χ0) is 18.9. The van der Waals surface area contributed by atoms with Gasteiger partial charge in [-0.15, -0.1) is 0 Å². The lowest BCUT2D eigenvalue weighted by Gasteiger charge is -2.12. The summed E-state index contributed by atoms with van der Waals surface area (Å²) in [7, 11) is 1.33. The molecule has 0 unspecified atom stereocenters. The molecule has 0 atom stereocenters. The number of hydrogen-bond donors (Lipinski definition) is 1. The molecule has 2 rings (SSSR count). The summed E-state index contributed by atoms with van der Waals surface area (Å²) in [6.07, 6.45) is 0.607. The summed E-state index contributed by atoms with van der Waals surface area (Å²) in [5.74, 6) is 0.342. The fourth-order valence-electron chi connectivity index (χ4n) is 2.28. The Bertz CT molecular complexity index is 737. The van der Waals surface area contributed by atoms with Crippen molar-refractivity contribution < 1.29 is 27.8 Å². The van der Waals surface area contributed by atoms with Crippen LogP contribution in [0.15, 0.2) is 42.5 Å². The third-order valence-corrected chi connectivity index (χ3v) is 3.51. The first-order valence-corrected chi connectivity index (χ1v) is 8.10. The van der Waals surface area contributed by atoms with Crippen molar-refractivity contribution in [1.82, 2.24) is 5.32 Å². The van der Waals surface area contributed by atoms with Gasteiger partial charge in [0.15, 0.2) is 11.5 Å². The highest BCUT2D eigenvalue weighted by Gasteiger charge is 2.14. The lowest BCUT2D eigenvalue weighted by atomic mass is 10.2. The van der Waals surface area contributed by atoms with E-state index in [9.17, 15) is 13.6 Å². The summed E-state index contributed by atoms with van der Waals surface area (Å²) in [6, 6.07) is 11.8. The van der Waals surface area contributed by atoms with Crippen LogP contribution in [0.3, 0.4) is 0 Å². The van der Waals surface area contributed by atoms with E-state index in [0.29, 0.717) is 19.6 Å². The summed E-state index contributed by atoms with van der Waals surface area (Å²) < 4.78 is 39.8. The number of nitrogens with one attached hydrogen (secondary N) is 1. The minimum Gasteiger partial charge on any atom is -0.494 e. The largest absolute Gasteiger partial charge is 0.494 e. The van der Waals surface area contributed by atoms with Crippen molar-refractivity contribution in [3.63, 3.8) is 0 Å². The predicted octanol–water partition coefficient (Wildman–Crippen LogP) is 3.80. The van der Waals surface area contributed by atoms with Crippen LogP contribution in [0.25, 0.3) is 0 Å². The van der Waals surface area contributed by atoms with E-state index < -0.39 is 6.61 Å². The van der Waals surface area contributed by atoms with E-state index in [4.69, 9.17) is 9.47 Å². The normalized spacial score (nSPS) is 10.5. The lowest BCUT2D eigenvalue weighted by Crippen LogP contribution is -2.25. The smallest absolute Gasteiger partial charge is 0.387 e. The van der Waals surface area contributed by atoms with Crippen LogP contribution in [0.5, 0.6) is 17.2 Å². The molecule has 26 heavy (non-hydrogen) atoms. The summed E-state index contributed by atoms with van der Waals surface area (Å²) in [4.78, 5) is 12.1. The van der Waals surface area contributed by atoms with Crippen LogP contribution in [-0.2, 0) is 0 Å². The van der Waals surface area contributed by atoms with Crippen LogP contribution in [0, 0.1) is 6.92 Å². The van der Waals surface area contributed by atoms with Gasteiger partial charge in [0.1, 0.15) is 5.75 Å². The van der Waals surface area contributed by atoms with E-state index in [1.165, 1.54) is 25.3 Å². The van der Waals surface area contributed by atoms with E-state index >= 15 is 0 Å². The number of rotatable bonds is 9. The quantitative estimate of drug-likeness (QED) is 0.687. The van der Waals surface area contributed by atoms with Crippen molar-refractivity contribution in [1.29, 1.82) is 0 Å². The van der Waals surface area contributed by atoms with Crippen LogP contribution in [0.4, 0.5) is 8.78 Å². The van der Waals surface area contributed by atoms with Crippen LogP contribution >= 0.6 is 0 Å². The molecule has 140 valence electrons. The number of ether oxygens (including phenoxy) is 3. The minimum atomic E-state index is -3.00. The maximum Gasteiger partial charge on any atom is 0.387 e.